The summed E-state index contributed by atoms with van der Waals surface area (Å²) in [4.78, 5) is 2.31. The molecule has 0 bridgehead atoms. The minimum Gasteiger partial charge on any atom is -0.508 e. The van der Waals surface area contributed by atoms with Gasteiger partial charge in [0.2, 0.25) is 0 Å². The van der Waals surface area contributed by atoms with Crippen LogP contribution in [-0.2, 0) is 17.2 Å². The van der Waals surface area contributed by atoms with Crippen LogP contribution in [0.1, 0.15) is 100 Å². The third-order valence-corrected chi connectivity index (χ3v) is 9.99. The Morgan fingerprint density at radius 3 is 2.11 bits per heavy atom. The Kier molecular flexibility index (Phi) is 14.8. The molecule has 2 aromatic carbocycles. The van der Waals surface area contributed by atoms with Crippen molar-refractivity contribution in [3.63, 3.8) is 0 Å². The molecule has 252 valence electrons. The molecule has 0 spiro atoms. The summed E-state index contributed by atoms with van der Waals surface area (Å²) in [6, 6.07) is 13.2. The van der Waals surface area contributed by atoms with E-state index in [0.717, 1.165) is 89.3 Å². The van der Waals surface area contributed by atoms with Crippen LogP contribution in [0.25, 0.3) is 11.1 Å². The fourth-order valence-electron chi connectivity index (χ4n) is 5.99. The Labute approximate surface area is 267 Å². The first kappa shape index (κ1) is 37.0. The number of alkyl halides is 5. The lowest BCUT2D eigenvalue weighted by atomic mass is 9.89. The van der Waals surface area contributed by atoms with E-state index in [9.17, 15) is 36.4 Å². The molecule has 0 aliphatic heterocycles. The van der Waals surface area contributed by atoms with Gasteiger partial charge < -0.3 is 15.1 Å². The Morgan fingerprint density at radius 2 is 1.42 bits per heavy atom. The Morgan fingerprint density at radius 1 is 0.778 bits per heavy atom. The molecule has 3 rings (SSSR count). The molecule has 0 saturated carbocycles. The highest BCUT2D eigenvalue weighted by Gasteiger charge is 2.56. The van der Waals surface area contributed by atoms with Crippen LogP contribution in [0, 0.1) is 0 Å². The first-order chi connectivity index (χ1) is 21.4. The lowest BCUT2D eigenvalue weighted by Crippen LogP contribution is -2.36. The maximum atomic E-state index is 12.9. The van der Waals surface area contributed by atoms with Crippen LogP contribution >= 0.6 is 0 Å². The molecule has 0 radical (unpaired) electrons. The van der Waals surface area contributed by atoms with Crippen molar-refractivity contribution in [1.29, 1.82) is 0 Å². The van der Waals surface area contributed by atoms with E-state index in [2.05, 4.69) is 18.0 Å². The van der Waals surface area contributed by atoms with E-state index >= 15 is 0 Å². The summed E-state index contributed by atoms with van der Waals surface area (Å²) in [5, 5.41) is 20.2. The van der Waals surface area contributed by atoms with E-state index < -0.39 is 35.7 Å². The Balaban J connectivity index is 1.31. The number of hydrogen-bond acceptors (Lipinski definition) is 4. The van der Waals surface area contributed by atoms with Crippen molar-refractivity contribution < 1.29 is 36.4 Å². The number of halogens is 5. The highest BCUT2D eigenvalue weighted by Crippen LogP contribution is 2.41. The first-order valence-corrected chi connectivity index (χ1v) is 17.7. The molecule has 4 nitrogen and oxygen atoms in total. The number of aromatic hydroxyl groups is 2. The van der Waals surface area contributed by atoms with Gasteiger partial charge in [0.05, 0.1) is 0 Å². The molecule has 2 N–H and O–H groups in total. The largest absolute Gasteiger partial charge is 0.508 e. The topological polar surface area (TPSA) is 60.8 Å². The van der Waals surface area contributed by atoms with Crippen LogP contribution < -0.4 is 0 Å². The smallest absolute Gasteiger partial charge is 0.453 e. The second-order valence-corrected chi connectivity index (χ2v) is 13.9. The van der Waals surface area contributed by atoms with Crippen molar-refractivity contribution in [1.82, 2.24) is 4.90 Å². The van der Waals surface area contributed by atoms with Gasteiger partial charge in [-0.25, -0.2) is 0 Å². The second kappa shape index (κ2) is 18.0. The highest BCUT2D eigenvalue weighted by atomic mass is 32.2. The molecule has 45 heavy (non-hydrogen) atoms. The lowest BCUT2D eigenvalue weighted by molar-refractivity contribution is -0.284. The fourth-order valence-corrected chi connectivity index (χ4v) is 7.19. The van der Waals surface area contributed by atoms with Crippen molar-refractivity contribution in [3.8, 4) is 11.5 Å². The summed E-state index contributed by atoms with van der Waals surface area (Å²) < 4.78 is 74.4. The van der Waals surface area contributed by atoms with E-state index in [1.807, 2.05) is 24.3 Å². The average Bonchev–Trinajstić information content (AvgIpc) is 3.14. The Bertz CT molecular complexity index is 1260. The summed E-state index contributed by atoms with van der Waals surface area (Å²) in [5.74, 6) is -3.94. The van der Waals surface area contributed by atoms with Crippen LogP contribution in [0.15, 0.2) is 42.5 Å². The zero-order valence-corrected chi connectivity index (χ0v) is 27.1. The molecule has 0 aromatic heterocycles. The third-order valence-electron chi connectivity index (χ3n) is 8.50. The van der Waals surface area contributed by atoms with Crippen molar-refractivity contribution in [2.24, 2.45) is 0 Å². The minimum absolute atomic E-state index is 0.122. The summed E-state index contributed by atoms with van der Waals surface area (Å²) in [7, 11) is 0.743. The molecular weight excluding hydrogens is 609 g/mol. The van der Waals surface area contributed by atoms with Crippen LogP contribution in [0.3, 0.4) is 0 Å². The normalized spacial score (nSPS) is 14.9. The molecule has 10 heteroatoms. The molecule has 1 aliphatic carbocycles. The van der Waals surface area contributed by atoms with Gasteiger partial charge in [-0.15, -0.1) is 0 Å². The fraction of sp³-hybridized carbons (Fsp3) is 0.600. The van der Waals surface area contributed by atoms with Gasteiger partial charge in [0.15, 0.2) is 0 Å². The lowest BCUT2D eigenvalue weighted by Gasteiger charge is -2.19. The van der Waals surface area contributed by atoms with E-state index in [1.165, 1.54) is 22.3 Å². The number of nitrogens with zero attached hydrogens (tertiary/aromatic N) is 1. The van der Waals surface area contributed by atoms with Crippen molar-refractivity contribution in [2.75, 3.05) is 31.6 Å². The van der Waals surface area contributed by atoms with Gasteiger partial charge in [-0.1, -0.05) is 43.9 Å². The number of phenols is 2. The van der Waals surface area contributed by atoms with Crippen molar-refractivity contribution >= 4 is 21.9 Å². The standard InChI is InChI=1S/C35H48F5NO3S/c1-41(22-8-4-5-9-23-45(44)24-12-20-34(36,37)35(38,39)40)21-7-3-2-6-16-33-31(27-13-10-15-29(42)25-27)17-11-14-28-26-30(43)18-19-32(28)33/h10,13,15,18-19,25-26,42-43H,2-9,11-12,14,16-17,20-24H2,1H3. The second-order valence-electron chi connectivity index (χ2n) is 12.2. The maximum Gasteiger partial charge on any atom is 0.453 e. The molecular formula is C35H48F5NO3S. The van der Waals surface area contributed by atoms with Crippen LogP contribution in [0.4, 0.5) is 22.0 Å². The van der Waals surface area contributed by atoms with Crippen LogP contribution in [0.5, 0.6) is 11.5 Å². The number of fused-ring (bicyclic) bond motifs is 1. The molecule has 0 heterocycles. The number of rotatable bonds is 19. The molecule has 1 aliphatic rings. The maximum absolute atomic E-state index is 12.9. The van der Waals surface area contributed by atoms with Crippen LogP contribution in [0.2, 0.25) is 0 Å². The van der Waals surface area contributed by atoms with Crippen molar-refractivity contribution in [3.05, 3.63) is 59.2 Å². The van der Waals surface area contributed by atoms with E-state index in [-0.39, 0.29) is 11.5 Å². The molecule has 0 fully saturated rings. The van der Waals surface area contributed by atoms with Gasteiger partial charge >= 0.3 is 12.1 Å². The summed E-state index contributed by atoms with van der Waals surface area (Å²) in [5.41, 5.74) is 6.06. The predicted octanol–water partition coefficient (Wildman–Crippen LogP) is 9.51. The predicted molar refractivity (Wildman–Crippen MR) is 173 cm³/mol. The van der Waals surface area contributed by atoms with Gasteiger partial charge in [-0.05, 0) is 130 Å². The SMILES string of the molecule is CN(CCCCCCC1=C(c2cccc(O)c2)CCCc2cc(O)ccc21)CCCCCCS(=O)CCCC(F)(F)C(F)(F)F. The molecule has 2 aromatic rings. The average molecular weight is 658 g/mol. The van der Waals surface area contributed by atoms with Gasteiger partial charge in [0, 0.05) is 28.7 Å². The first-order valence-electron chi connectivity index (χ1n) is 16.2. The number of hydrogen-bond donors (Lipinski definition) is 2. The molecule has 0 amide bonds. The zero-order chi connectivity index (χ0) is 32.9. The number of allylic oxidation sites excluding steroid dienone is 2. The number of unbranched alkanes of at least 4 members (excludes halogenated alkanes) is 6. The van der Waals surface area contributed by atoms with Crippen molar-refractivity contribution in [2.45, 2.75) is 102 Å². The van der Waals surface area contributed by atoms with Gasteiger partial charge in [-0.2, -0.15) is 22.0 Å². The molecule has 1 unspecified atom stereocenters. The van der Waals surface area contributed by atoms with E-state index in [4.69, 9.17) is 0 Å². The summed E-state index contributed by atoms with van der Waals surface area (Å²) in [6.45, 7) is 1.96. The quantitative estimate of drug-likeness (QED) is 0.117. The zero-order valence-electron chi connectivity index (χ0n) is 26.3. The van der Waals surface area contributed by atoms with Gasteiger partial charge in [-0.3, -0.25) is 4.21 Å². The highest BCUT2D eigenvalue weighted by molar-refractivity contribution is 7.84. The monoisotopic (exact) mass is 657 g/mol. The molecule has 0 saturated heterocycles. The molecule has 1 atom stereocenters. The van der Waals surface area contributed by atoms with Gasteiger partial charge in [0.25, 0.3) is 0 Å². The number of benzene rings is 2. The number of phenolic OH excluding ortho intramolecular Hbond substituents is 2. The minimum atomic E-state index is -5.55. The van der Waals surface area contributed by atoms with Gasteiger partial charge in [0.1, 0.15) is 11.5 Å². The van der Waals surface area contributed by atoms with Crippen LogP contribution in [-0.4, -0.2) is 63.1 Å². The summed E-state index contributed by atoms with van der Waals surface area (Å²) in [6.07, 6.45) is 4.45. The number of aryl methyl sites for hydroxylation is 1. The Hall–Kier alpha value is -2.46. The third kappa shape index (κ3) is 12.3. The van der Waals surface area contributed by atoms with E-state index in [1.54, 1.807) is 12.1 Å². The van der Waals surface area contributed by atoms with E-state index in [0.29, 0.717) is 17.9 Å². The summed E-state index contributed by atoms with van der Waals surface area (Å²) >= 11 is 0.